The molecule has 1 aliphatic rings. The Morgan fingerprint density at radius 3 is 3.07 bits per heavy atom. The SMILES string of the molecule is CC1OCCC1COc1nnc(N)s1. The number of anilines is 1. The van der Waals surface area contributed by atoms with Crippen molar-refractivity contribution in [2.24, 2.45) is 5.92 Å². The normalized spacial score (nSPS) is 26.6. The lowest BCUT2D eigenvalue weighted by molar-refractivity contribution is 0.0903. The molecule has 0 aromatic carbocycles. The summed E-state index contributed by atoms with van der Waals surface area (Å²) in [5, 5.41) is 8.44. The molecule has 0 amide bonds. The van der Waals surface area contributed by atoms with Crippen LogP contribution in [0, 0.1) is 5.92 Å². The minimum atomic E-state index is 0.278. The number of nitrogens with zero attached hydrogens (tertiary/aromatic N) is 2. The summed E-state index contributed by atoms with van der Waals surface area (Å²) < 4.78 is 10.9. The van der Waals surface area contributed by atoms with Gasteiger partial charge in [0.05, 0.1) is 12.7 Å². The lowest BCUT2D eigenvalue weighted by Gasteiger charge is -2.12. The van der Waals surface area contributed by atoms with E-state index in [9.17, 15) is 0 Å². The maximum atomic E-state index is 5.47. The van der Waals surface area contributed by atoms with Gasteiger partial charge in [-0.2, -0.15) is 0 Å². The van der Waals surface area contributed by atoms with E-state index in [1.807, 2.05) is 0 Å². The minimum absolute atomic E-state index is 0.278. The third-order valence-electron chi connectivity index (χ3n) is 2.38. The molecule has 1 aliphatic heterocycles. The Bertz CT molecular complexity index is 305. The Kier molecular flexibility index (Phi) is 2.83. The third-order valence-corrected chi connectivity index (χ3v) is 3.04. The van der Waals surface area contributed by atoms with Gasteiger partial charge < -0.3 is 15.2 Å². The van der Waals surface area contributed by atoms with Crippen molar-refractivity contribution in [1.29, 1.82) is 0 Å². The van der Waals surface area contributed by atoms with Gasteiger partial charge in [-0.3, -0.25) is 0 Å². The van der Waals surface area contributed by atoms with Crippen molar-refractivity contribution in [3.8, 4) is 5.19 Å². The average molecular weight is 215 g/mol. The van der Waals surface area contributed by atoms with E-state index in [1.54, 1.807) is 0 Å². The second-order valence-corrected chi connectivity index (χ2v) is 4.31. The van der Waals surface area contributed by atoms with E-state index in [0.717, 1.165) is 13.0 Å². The van der Waals surface area contributed by atoms with Gasteiger partial charge in [0.1, 0.15) is 0 Å². The first-order chi connectivity index (χ1) is 6.75. The number of nitrogens with two attached hydrogens (primary N) is 1. The average Bonchev–Trinajstić information content (AvgIpc) is 2.72. The molecule has 78 valence electrons. The highest BCUT2D eigenvalue weighted by Crippen LogP contribution is 2.24. The van der Waals surface area contributed by atoms with Crippen LogP contribution < -0.4 is 10.5 Å². The second-order valence-electron chi connectivity index (χ2n) is 3.34. The van der Waals surface area contributed by atoms with Crippen LogP contribution in [-0.4, -0.2) is 29.5 Å². The smallest absolute Gasteiger partial charge is 0.295 e. The summed E-state index contributed by atoms with van der Waals surface area (Å²) in [7, 11) is 0. The van der Waals surface area contributed by atoms with Crippen molar-refractivity contribution in [2.45, 2.75) is 19.4 Å². The zero-order valence-electron chi connectivity index (χ0n) is 7.97. The predicted octanol–water partition coefficient (Wildman–Crippen LogP) is 0.924. The van der Waals surface area contributed by atoms with Crippen molar-refractivity contribution < 1.29 is 9.47 Å². The molecule has 2 unspecified atom stereocenters. The number of hydrogen-bond acceptors (Lipinski definition) is 6. The van der Waals surface area contributed by atoms with E-state index in [4.69, 9.17) is 15.2 Å². The highest BCUT2D eigenvalue weighted by Gasteiger charge is 2.25. The standard InChI is InChI=1S/C8H13N3O2S/c1-5-6(2-3-12-5)4-13-8-11-10-7(9)14-8/h5-6H,2-4H2,1H3,(H2,9,10). The minimum Gasteiger partial charge on any atom is -0.468 e. The summed E-state index contributed by atoms with van der Waals surface area (Å²) in [5.74, 6) is 0.458. The monoisotopic (exact) mass is 215 g/mol. The lowest BCUT2D eigenvalue weighted by Crippen LogP contribution is -2.19. The van der Waals surface area contributed by atoms with E-state index < -0.39 is 0 Å². The molecular formula is C8H13N3O2S. The Hall–Kier alpha value is -0.880. The van der Waals surface area contributed by atoms with E-state index in [0.29, 0.717) is 22.9 Å². The van der Waals surface area contributed by atoms with Gasteiger partial charge in [-0.15, -0.1) is 5.10 Å². The molecule has 2 heterocycles. The molecular weight excluding hydrogens is 202 g/mol. The lowest BCUT2D eigenvalue weighted by atomic mass is 10.0. The second kappa shape index (κ2) is 4.10. The molecule has 2 rings (SSSR count). The Morgan fingerprint density at radius 2 is 2.50 bits per heavy atom. The summed E-state index contributed by atoms with van der Waals surface area (Å²) in [6.45, 7) is 3.53. The molecule has 1 aromatic rings. The molecule has 1 aromatic heterocycles. The first-order valence-electron chi connectivity index (χ1n) is 4.59. The molecule has 0 spiro atoms. The van der Waals surface area contributed by atoms with Gasteiger partial charge in [0.25, 0.3) is 5.19 Å². The van der Waals surface area contributed by atoms with Crippen LogP contribution in [0.15, 0.2) is 0 Å². The number of ether oxygens (including phenoxy) is 2. The van der Waals surface area contributed by atoms with Gasteiger partial charge in [0.2, 0.25) is 5.13 Å². The molecule has 0 aliphatic carbocycles. The van der Waals surface area contributed by atoms with E-state index in [2.05, 4.69) is 17.1 Å². The largest absolute Gasteiger partial charge is 0.468 e. The maximum absolute atomic E-state index is 5.47. The van der Waals surface area contributed by atoms with Crippen molar-refractivity contribution >= 4 is 16.5 Å². The van der Waals surface area contributed by atoms with Crippen molar-refractivity contribution in [1.82, 2.24) is 10.2 Å². The molecule has 2 atom stereocenters. The van der Waals surface area contributed by atoms with Gasteiger partial charge in [-0.1, -0.05) is 5.10 Å². The maximum Gasteiger partial charge on any atom is 0.295 e. The van der Waals surface area contributed by atoms with E-state index >= 15 is 0 Å². The molecule has 14 heavy (non-hydrogen) atoms. The van der Waals surface area contributed by atoms with Crippen molar-refractivity contribution in [2.75, 3.05) is 18.9 Å². The molecule has 6 heteroatoms. The predicted molar refractivity (Wildman–Crippen MR) is 53.3 cm³/mol. The van der Waals surface area contributed by atoms with Crippen LogP contribution in [0.4, 0.5) is 5.13 Å². The fraction of sp³-hybridized carbons (Fsp3) is 0.750. The summed E-state index contributed by atoms with van der Waals surface area (Å²) in [6.07, 6.45) is 1.33. The third kappa shape index (κ3) is 2.13. The summed E-state index contributed by atoms with van der Waals surface area (Å²) in [6, 6.07) is 0. The van der Waals surface area contributed by atoms with Crippen LogP contribution in [0.25, 0.3) is 0 Å². The van der Waals surface area contributed by atoms with Crippen LogP contribution in [0.5, 0.6) is 5.19 Å². The Labute approximate surface area is 86.2 Å². The molecule has 1 saturated heterocycles. The number of hydrogen-bond donors (Lipinski definition) is 1. The summed E-state index contributed by atoms with van der Waals surface area (Å²) in [5.41, 5.74) is 5.43. The van der Waals surface area contributed by atoms with Crippen molar-refractivity contribution in [3.63, 3.8) is 0 Å². The Morgan fingerprint density at radius 1 is 1.64 bits per heavy atom. The molecule has 0 radical (unpaired) electrons. The number of nitrogen functional groups attached to an aromatic ring is 1. The zero-order valence-corrected chi connectivity index (χ0v) is 8.79. The first-order valence-corrected chi connectivity index (χ1v) is 5.40. The highest BCUT2D eigenvalue weighted by molar-refractivity contribution is 7.16. The molecule has 0 bridgehead atoms. The molecule has 1 fully saturated rings. The number of rotatable bonds is 3. The zero-order chi connectivity index (χ0) is 9.97. The van der Waals surface area contributed by atoms with Crippen LogP contribution in [0.3, 0.4) is 0 Å². The van der Waals surface area contributed by atoms with Gasteiger partial charge >= 0.3 is 0 Å². The fourth-order valence-electron chi connectivity index (χ4n) is 1.45. The first kappa shape index (κ1) is 9.67. The molecule has 5 nitrogen and oxygen atoms in total. The van der Waals surface area contributed by atoms with Gasteiger partial charge in [-0.05, 0) is 24.7 Å². The fourth-order valence-corrected chi connectivity index (χ4v) is 1.92. The Balaban J connectivity index is 1.82. The topological polar surface area (TPSA) is 70.3 Å². The van der Waals surface area contributed by atoms with Crippen LogP contribution >= 0.6 is 11.3 Å². The summed E-state index contributed by atoms with van der Waals surface area (Å²) in [4.78, 5) is 0. The van der Waals surface area contributed by atoms with E-state index in [1.165, 1.54) is 11.3 Å². The molecule has 2 N–H and O–H groups in total. The quantitative estimate of drug-likeness (QED) is 0.812. The van der Waals surface area contributed by atoms with Crippen molar-refractivity contribution in [3.05, 3.63) is 0 Å². The van der Waals surface area contributed by atoms with Gasteiger partial charge in [-0.25, -0.2) is 0 Å². The van der Waals surface area contributed by atoms with Crippen LogP contribution in [0.1, 0.15) is 13.3 Å². The van der Waals surface area contributed by atoms with E-state index in [-0.39, 0.29) is 6.10 Å². The van der Waals surface area contributed by atoms with Gasteiger partial charge in [0, 0.05) is 12.5 Å². The van der Waals surface area contributed by atoms with Crippen LogP contribution in [0.2, 0.25) is 0 Å². The summed E-state index contributed by atoms with van der Waals surface area (Å²) >= 11 is 1.26. The number of aromatic nitrogens is 2. The van der Waals surface area contributed by atoms with Crippen LogP contribution in [-0.2, 0) is 4.74 Å². The van der Waals surface area contributed by atoms with Gasteiger partial charge in [0.15, 0.2) is 0 Å². The highest BCUT2D eigenvalue weighted by atomic mass is 32.1. The molecule has 0 saturated carbocycles.